The molecule has 1 aromatic carbocycles. The highest BCUT2D eigenvalue weighted by molar-refractivity contribution is 9.18. The van der Waals surface area contributed by atoms with Crippen LogP contribution in [0.2, 0.25) is 0 Å². The Morgan fingerprint density at radius 1 is 1.25 bits per heavy atom. The van der Waals surface area contributed by atoms with Crippen molar-refractivity contribution in [3.63, 3.8) is 0 Å². The number of hydrogen-bond acceptors (Lipinski definition) is 1. The number of carbonyl (C=O) groups is 1. The summed E-state index contributed by atoms with van der Waals surface area (Å²) in [5.74, 6) is 0. The molecular weight excluding hydrogens is 216 g/mol. The van der Waals surface area contributed by atoms with Crippen molar-refractivity contribution in [1.82, 2.24) is 0 Å². The second-order valence-electron chi connectivity index (χ2n) is 2.69. The van der Waals surface area contributed by atoms with Gasteiger partial charge in [-0.05, 0) is 34.3 Å². The third-order valence-corrected chi connectivity index (χ3v) is 2.08. The molecular formula is C10H11BrO. The predicted octanol–water partition coefficient (Wildman–Crippen LogP) is 2.93. The van der Waals surface area contributed by atoms with E-state index >= 15 is 0 Å². The van der Waals surface area contributed by atoms with Gasteiger partial charge in [0, 0.05) is 6.42 Å². The standard InChI is InChI=1S/C10H11BrO/c11-10(12)8-4-7-9-5-2-1-3-6-9/h1-3,5-6H,4,7-8H2. The summed E-state index contributed by atoms with van der Waals surface area (Å²) in [5.41, 5.74) is 1.30. The molecule has 0 saturated carbocycles. The third kappa shape index (κ3) is 3.67. The van der Waals surface area contributed by atoms with E-state index in [2.05, 4.69) is 28.1 Å². The van der Waals surface area contributed by atoms with Crippen LogP contribution < -0.4 is 0 Å². The molecule has 0 bridgehead atoms. The van der Waals surface area contributed by atoms with Gasteiger partial charge in [-0.2, -0.15) is 0 Å². The van der Waals surface area contributed by atoms with Gasteiger partial charge in [0.1, 0.15) is 0 Å². The summed E-state index contributed by atoms with van der Waals surface area (Å²) in [6, 6.07) is 10.2. The summed E-state index contributed by atoms with van der Waals surface area (Å²) < 4.78 is 0.0958. The molecule has 0 saturated heterocycles. The van der Waals surface area contributed by atoms with Gasteiger partial charge in [-0.1, -0.05) is 30.3 Å². The van der Waals surface area contributed by atoms with Gasteiger partial charge in [0.05, 0.1) is 0 Å². The first-order valence-electron chi connectivity index (χ1n) is 4.01. The van der Waals surface area contributed by atoms with Gasteiger partial charge < -0.3 is 0 Å². The SMILES string of the molecule is O=C(Br)CCCc1ccccc1. The first-order chi connectivity index (χ1) is 5.79. The fraction of sp³-hybridized carbons (Fsp3) is 0.300. The van der Waals surface area contributed by atoms with Crippen LogP contribution in [0.25, 0.3) is 0 Å². The fourth-order valence-electron chi connectivity index (χ4n) is 1.08. The van der Waals surface area contributed by atoms with Crippen molar-refractivity contribution >= 4 is 20.6 Å². The Bertz CT molecular complexity index is 243. The molecule has 0 aliphatic carbocycles. The zero-order chi connectivity index (χ0) is 8.81. The number of carbonyl (C=O) groups excluding carboxylic acids is 1. The van der Waals surface area contributed by atoms with Crippen molar-refractivity contribution in [2.24, 2.45) is 0 Å². The van der Waals surface area contributed by atoms with E-state index in [4.69, 9.17) is 0 Å². The van der Waals surface area contributed by atoms with Gasteiger partial charge in [-0.3, -0.25) is 4.79 Å². The van der Waals surface area contributed by atoms with Crippen LogP contribution in [-0.2, 0) is 11.2 Å². The first-order valence-corrected chi connectivity index (χ1v) is 4.80. The molecule has 0 aromatic heterocycles. The molecule has 12 heavy (non-hydrogen) atoms. The number of aryl methyl sites for hydroxylation is 1. The van der Waals surface area contributed by atoms with Crippen molar-refractivity contribution in [3.05, 3.63) is 35.9 Å². The Labute approximate surface area is 80.9 Å². The maximum absolute atomic E-state index is 10.6. The quantitative estimate of drug-likeness (QED) is 0.722. The lowest BCUT2D eigenvalue weighted by atomic mass is 10.1. The van der Waals surface area contributed by atoms with E-state index in [1.807, 2.05) is 18.2 Å². The molecule has 0 aliphatic heterocycles. The Morgan fingerprint density at radius 3 is 2.50 bits per heavy atom. The van der Waals surface area contributed by atoms with Crippen LogP contribution in [0.5, 0.6) is 0 Å². The number of halogens is 1. The molecule has 1 rings (SSSR count). The van der Waals surface area contributed by atoms with Crippen LogP contribution >= 0.6 is 15.9 Å². The molecule has 1 nitrogen and oxygen atoms in total. The Kier molecular flexibility index (Phi) is 4.01. The molecule has 0 atom stereocenters. The Hall–Kier alpha value is -0.630. The van der Waals surface area contributed by atoms with Crippen LogP contribution in [0, 0.1) is 0 Å². The smallest absolute Gasteiger partial charge is 0.197 e. The van der Waals surface area contributed by atoms with E-state index in [1.54, 1.807) is 0 Å². The van der Waals surface area contributed by atoms with Crippen LogP contribution in [0.3, 0.4) is 0 Å². The average molecular weight is 227 g/mol. The minimum atomic E-state index is 0.0958. The van der Waals surface area contributed by atoms with Crippen molar-refractivity contribution in [2.75, 3.05) is 0 Å². The predicted molar refractivity (Wildman–Crippen MR) is 53.3 cm³/mol. The zero-order valence-corrected chi connectivity index (χ0v) is 8.38. The van der Waals surface area contributed by atoms with Crippen molar-refractivity contribution in [2.45, 2.75) is 19.3 Å². The fourth-order valence-corrected chi connectivity index (χ4v) is 1.36. The average Bonchev–Trinajstić information content (AvgIpc) is 2.05. The largest absolute Gasteiger partial charge is 0.287 e. The Balaban J connectivity index is 2.29. The summed E-state index contributed by atoms with van der Waals surface area (Å²) >= 11 is 2.91. The molecule has 2 heteroatoms. The van der Waals surface area contributed by atoms with Crippen LogP contribution in [0.1, 0.15) is 18.4 Å². The van der Waals surface area contributed by atoms with Crippen molar-refractivity contribution in [3.8, 4) is 0 Å². The van der Waals surface area contributed by atoms with Crippen LogP contribution in [-0.4, -0.2) is 4.69 Å². The highest BCUT2D eigenvalue weighted by Crippen LogP contribution is 2.05. The zero-order valence-electron chi connectivity index (χ0n) is 6.79. The summed E-state index contributed by atoms with van der Waals surface area (Å²) in [4.78, 5) is 10.6. The molecule has 0 unspecified atom stereocenters. The highest BCUT2D eigenvalue weighted by atomic mass is 79.9. The molecule has 0 fully saturated rings. The van der Waals surface area contributed by atoms with E-state index in [9.17, 15) is 4.79 Å². The molecule has 1 aromatic rings. The monoisotopic (exact) mass is 226 g/mol. The van der Waals surface area contributed by atoms with Crippen molar-refractivity contribution in [1.29, 1.82) is 0 Å². The lowest BCUT2D eigenvalue weighted by Gasteiger charge is -1.97. The second-order valence-corrected chi connectivity index (χ2v) is 3.58. The normalized spacial score (nSPS) is 9.75. The van der Waals surface area contributed by atoms with E-state index in [-0.39, 0.29) is 4.69 Å². The molecule has 0 aliphatic rings. The molecule has 0 radical (unpaired) electrons. The number of benzene rings is 1. The van der Waals surface area contributed by atoms with Gasteiger partial charge in [-0.25, -0.2) is 0 Å². The molecule has 0 heterocycles. The summed E-state index contributed by atoms with van der Waals surface area (Å²) in [6.07, 6.45) is 2.53. The van der Waals surface area contributed by atoms with E-state index in [0.29, 0.717) is 6.42 Å². The number of rotatable bonds is 4. The molecule has 0 N–H and O–H groups in total. The van der Waals surface area contributed by atoms with Crippen LogP contribution in [0.4, 0.5) is 0 Å². The summed E-state index contributed by atoms with van der Waals surface area (Å²) in [5, 5.41) is 0. The Morgan fingerprint density at radius 2 is 1.92 bits per heavy atom. The summed E-state index contributed by atoms with van der Waals surface area (Å²) in [6.45, 7) is 0. The second kappa shape index (κ2) is 5.09. The summed E-state index contributed by atoms with van der Waals surface area (Å²) in [7, 11) is 0. The van der Waals surface area contributed by atoms with E-state index in [1.165, 1.54) is 5.56 Å². The maximum Gasteiger partial charge on any atom is 0.197 e. The van der Waals surface area contributed by atoms with Crippen molar-refractivity contribution < 1.29 is 4.79 Å². The maximum atomic E-state index is 10.6. The number of hydrogen-bond donors (Lipinski definition) is 0. The van der Waals surface area contributed by atoms with Gasteiger partial charge in [-0.15, -0.1) is 0 Å². The minimum Gasteiger partial charge on any atom is -0.287 e. The molecule has 0 spiro atoms. The van der Waals surface area contributed by atoms with Gasteiger partial charge in [0.15, 0.2) is 4.69 Å². The van der Waals surface area contributed by atoms with E-state index < -0.39 is 0 Å². The van der Waals surface area contributed by atoms with Gasteiger partial charge in [0.25, 0.3) is 0 Å². The van der Waals surface area contributed by atoms with E-state index in [0.717, 1.165) is 12.8 Å². The topological polar surface area (TPSA) is 17.1 Å². The first kappa shape index (κ1) is 9.46. The van der Waals surface area contributed by atoms with Gasteiger partial charge >= 0.3 is 0 Å². The highest BCUT2D eigenvalue weighted by Gasteiger charge is 1.95. The lowest BCUT2D eigenvalue weighted by Crippen LogP contribution is -1.89. The molecule has 0 amide bonds. The minimum absolute atomic E-state index is 0.0958. The molecule has 64 valence electrons. The van der Waals surface area contributed by atoms with Crippen LogP contribution in [0.15, 0.2) is 30.3 Å². The lowest BCUT2D eigenvalue weighted by molar-refractivity contribution is -0.110. The van der Waals surface area contributed by atoms with Gasteiger partial charge in [0.2, 0.25) is 0 Å². The third-order valence-electron chi connectivity index (χ3n) is 1.68.